The number of nitro groups is 1. The normalized spacial score (nSPS) is 16.0. The molecule has 10 heteroatoms. The SMILES string of the molecule is Cc1c(Cl)cc(S(=O)(=O)NCC(N)C2CC2)cc1[N+](=O)[O-].Cl. The van der Waals surface area contributed by atoms with E-state index in [1.54, 1.807) is 0 Å². The lowest BCUT2D eigenvalue weighted by atomic mass is 10.2. The van der Waals surface area contributed by atoms with Crippen molar-refractivity contribution in [2.75, 3.05) is 6.54 Å². The maximum atomic E-state index is 12.2. The van der Waals surface area contributed by atoms with Crippen molar-refractivity contribution < 1.29 is 13.3 Å². The Kier molecular flexibility index (Phi) is 6.17. The monoisotopic (exact) mass is 369 g/mol. The maximum Gasteiger partial charge on any atom is 0.275 e. The molecule has 2 rings (SSSR count). The van der Waals surface area contributed by atoms with Crippen LogP contribution in [0, 0.1) is 23.0 Å². The first-order valence-electron chi connectivity index (χ1n) is 6.42. The Balaban J connectivity index is 0.00000242. The molecule has 0 amide bonds. The zero-order valence-electron chi connectivity index (χ0n) is 11.8. The van der Waals surface area contributed by atoms with Crippen molar-refractivity contribution in [3.8, 4) is 0 Å². The fourth-order valence-electron chi connectivity index (χ4n) is 1.97. The van der Waals surface area contributed by atoms with Gasteiger partial charge in [0.05, 0.1) is 14.8 Å². The summed E-state index contributed by atoms with van der Waals surface area (Å²) in [4.78, 5) is 10.0. The summed E-state index contributed by atoms with van der Waals surface area (Å²) in [5.41, 5.74) is 5.74. The third kappa shape index (κ3) is 4.30. The second-order valence-corrected chi connectivity index (χ2v) is 7.33. The van der Waals surface area contributed by atoms with E-state index in [4.69, 9.17) is 17.3 Å². The molecule has 1 aromatic rings. The summed E-state index contributed by atoms with van der Waals surface area (Å²) >= 11 is 5.87. The minimum Gasteiger partial charge on any atom is -0.326 e. The number of rotatable bonds is 6. The molecule has 0 spiro atoms. The number of nitrogens with one attached hydrogen (secondary N) is 1. The van der Waals surface area contributed by atoms with E-state index >= 15 is 0 Å². The minimum absolute atomic E-state index is 0. The third-order valence-corrected chi connectivity index (χ3v) is 5.33. The predicted molar refractivity (Wildman–Crippen MR) is 86.0 cm³/mol. The number of sulfonamides is 1. The van der Waals surface area contributed by atoms with E-state index in [1.807, 2.05) is 0 Å². The van der Waals surface area contributed by atoms with Crippen LogP contribution in [0.15, 0.2) is 17.0 Å². The van der Waals surface area contributed by atoms with Crippen molar-refractivity contribution in [2.45, 2.75) is 30.7 Å². The molecule has 0 heterocycles. The van der Waals surface area contributed by atoms with E-state index in [-0.39, 0.29) is 46.2 Å². The van der Waals surface area contributed by atoms with E-state index in [9.17, 15) is 18.5 Å². The second-order valence-electron chi connectivity index (χ2n) is 5.16. The number of halogens is 2. The highest BCUT2D eigenvalue weighted by atomic mass is 35.5. The van der Waals surface area contributed by atoms with Crippen LogP contribution in [0.4, 0.5) is 5.69 Å². The lowest BCUT2D eigenvalue weighted by Crippen LogP contribution is -2.38. The molecular weight excluding hydrogens is 353 g/mol. The van der Waals surface area contributed by atoms with Gasteiger partial charge >= 0.3 is 0 Å². The van der Waals surface area contributed by atoms with Gasteiger partial charge in [-0.2, -0.15) is 0 Å². The molecule has 3 N–H and O–H groups in total. The van der Waals surface area contributed by atoms with E-state index in [0.717, 1.165) is 18.9 Å². The fourth-order valence-corrected chi connectivity index (χ4v) is 3.36. The number of hydrogen-bond acceptors (Lipinski definition) is 5. The van der Waals surface area contributed by atoms with Crippen molar-refractivity contribution in [2.24, 2.45) is 11.7 Å². The van der Waals surface area contributed by atoms with Crippen molar-refractivity contribution in [3.05, 3.63) is 32.8 Å². The molecule has 0 radical (unpaired) electrons. The first-order chi connectivity index (χ1) is 9.72. The smallest absolute Gasteiger partial charge is 0.275 e. The first kappa shape index (κ1) is 19.1. The average molecular weight is 370 g/mol. The third-order valence-electron chi connectivity index (χ3n) is 3.53. The number of benzene rings is 1. The largest absolute Gasteiger partial charge is 0.326 e. The molecule has 0 saturated heterocycles. The van der Waals surface area contributed by atoms with Crippen molar-refractivity contribution >= 4 is 39.7 Å². The van der Waals surface area contributed by atoms with Crippen LogP contribution in [0.5, 0.6) is 0 Å². The van der Waals surface area contributed by atoms with Crippen molar-refractivity contribution in [3.63, 3.8) is 0 Å². The van der Waals surface area contributed by atoms with Gasteiger partial charge in [0.1, 0.15) is 0 Å². The molecule has 0 aromatic heterocycles. The molecule has 1 fully saturated rings. The van der Waals surface area contributed by atoms with Crippen LogP contribution in [0.3, 0.4) is 0 Å². The molecule has 1 aliphatic carbocycles. The molecule has 1 saturated carbocycles. The van der Waals surface area contributed by atoms with Crippen molar-refractivity contribution in [1.29, 1.82) is 0 Å². The quantitative estimate of drug-likeness (QED) is 0.587. The van der Waals surface area contributed by atoms with E-state index in [0.29, 0.717) is 5.92 Å². The maximum absolute atomic E-state index is 12.2. The van der Waals surface area contributed by atoms with Crippen LogP contribution in [-0.4, -0.2) is 25.9 Å². The Hall–Kier alpha value is -0.930. The van der Waals surface area contributed by atoms with Gasteiger partial charge in [-0.25, -0.2) is 13.1 Å². The second kappa shape index (κ2) is 7.10. The Morgan fingerprint density at radius 1 is 1.50 bits per heavy atom. The van der Waals surface area contributed by atoms with Crippen LogP contribution in [0.2, 0.25) is 5.02 Å². The lowest BCUT2D eigenvalue weighted by Gasteiger charge is -2.12. The zero-order valence-corrected chi connectivity index (χ0v) is 14.2. The highest BCUT2D eigenvalue weighted by molar-refractivity contribution is 7.89. The van der Waals surface area contributed by atoms with E-state index in [2.05, 4.69) is 4.72 Å². The molecule has 0 aliphatic heterocycles. The minimum atomic E-state index is -3.88. The molecule has 7 nitrogen and oxygen atoms in total. The molecular formula is C12H17Cl2N3O4S. The predicted octanol–water partition coefficient (Wildman–Crippen LogP) is 1.99. The van der Waals surface area contributed by atoms with Gasteiger partial charge in [0.25, 0.3) is 5.69 Å². The van der Waals surface area contributed by atoms with Gasteiger partial charge in [-0.05, 0) is 31.7 Å². The van der Waals surface area contributed by atoms with Crippen LogP contribution in [0.25, 0.3) is 0 Å². The number of hydrogen-bond donors (Lipinski definition) is 2. The highest BCUT2D eigenvalue weighted by Crippen LogP contribution is 2.32. The fraction of sp³-hybridized carbons (Fsp3) is 0.500. The van der Waals surface area contributed by atoms with E-state index in [1.165, 1.54) is 13.0 Å². The molecule has 1 aromatic carbocycles. The Morgan fingerprint density at radius 3 is 2.59 bits per heavy atom. The van der Waals surface area contributed by atoms with Gasteiger partial charge in [0.15, 0.2) is 0 Å². The van der Waals surface area contributed by atoms with Gasteiger partial charge < -0.3 is 5.73 Å². The summed E-state index contributed by atoms with van der Waals surface area (Å²) in [6.45, 7) is 1.57. The topological polar surface area (TPSA) is 115 Å². The van der Waals surface area contributed by atoms with Crippen LogP contribution >= 0.6 is 24.0 Å². The molecule has 22 heavy (non-hydrogen) atoms. The van der Waals surface area contributed by atoms with Gasteiger partial charge in [0.2, 0.25) is 10.0 Å². The van der Waals surface area contributed by atoms with Crippen molar-refractivity contribution in [1.82, 2.24) is 4.72 Å². The summed E-state index contributed by atoms with van der Waals surface area (Å²) in [6, 6.07) is 1.97. The molecule has 1 unspecified atom stereocenters. The number of nitrogens with zero attached hydrogens (tertiary/aromatic N) is 1. The Bertz CT molecular complexity index is 677. The van der Waals surface area contributed by atoms with Crippen LogP contribution in [-0.2, 0) is 10.0 Å². The van der Waals surface area contributed by atoms with Crippen LogP contribution < -0.4 is 10.5 Å². The Labute approximate surface area is 139 Å². The number of nitro benzene ring substituents is 1. The van der Waals surface area contributed by atoms with Gasteiger partial charge in [0, 0.05) is 24.2 Å². The average Bonchev–Trinajstić information content (AvgIpc) is 3.23. The summed E-state index contributed by atoms with van der Waals surface area (Å²) < 4.78 is 26.7. The Morgan fingerprint density at radius 2 is 2.09 bits per heavy atom. The van der Waals surface area contributed by atoms with Gasteiger partial charge in [-0.3, -0.25) is 10.1 Å². The van der Waals surface area contributed by atoms with Gasteiger partial charge in [-0.15, -0.1) is 12.4 Å². The summed E-state index contributed by atoms with van der Waals surface area (Å²) in [6.07, 6.45) is 2.01. The molecule has 1 atom stereocenters. The first-order valence-corrected chi connectivity index (χ1v) is 8.28. The summed E-state index contributed by atoms with van der Waals surface area (Å²) in [5.74, 6) is 0.351. The standard InChI is InChI=1S/C12H16ClN3O4S.ClH/c1-7-10(13)4-9(5-12(7)16(17)18)21(19,20)15-6-11(14)8-2-3-8;/h4-5,8,11,15H,2-3,6,14H2,1H3;1H. The number of nitrogens with two attached hydrogens (primary N) is 1. The van der Waals surface area contributed by atoms with E-state index < -0.39 is 14.9 Å². The molecule has 0 bridgehead atoms. The van der Waals surface area contributed by atoms with Gasteiger partial charge in [-0.1, -0.05) is 11.6 Å². The summed E-state index contributed by atoms with van der Waals surface area (Å²) in [7, 11) is -3.88. The lowest BCUT2D eigenvalue weighted by molar-refractivity contribution is -0.385. The summed E-state index contributed by atoms with van der Waals surface area (Å²) in [5, 5.41) is 11.0. The highest BCUT2D eigenvalue weighted by Gasteiger charge is 2.30. The zero-order chi connectivity index (χ0) is 15.8. The molecule has 124 valence electrons. The molecule has 1 aliphatic rings. The van der Waals surface area contributed by atoms with Crippen LogP contribution in [0.1, 0.15) is 18.4 Å².